The Morgan fingerprint density at radius 3 is 1.88 bits per heavy atom. The van der Waals surface area contributed by atoms with Crippen molar-refractivity contribution in [2.24, 2.45) is 0 Å². The fraction of sp³-hybridized carbons (Fsp3) is 0.100. The van der Waals surface area contributed by atoms with E-state index in [1.54, 1.807) is 6.08 Å². The molecular formula is C30H27NO2. The zero-order valence-corrected chi connectivity index (χ0v) is 19.2. The van der Waals surface area contributed by atoms with Gasteiger partial charge in [-0.05, 0) is 84.1 Å². The van der Waals surface area contributed by atoms with Crippen molar-refractivity contribution >= 4 is 29.1 Å². The minimum absolute atomic E-state index is 0.366. The Balaban J connectivity index is 1.72. The maximum absolute atomic E-state index is 11.4. The van der Waals surface area contributed by atoms with E-state index in [0.717, 1.165) is 22.6 Å². The van der Waals surface area contributed by atoms with Crippen LogP contribution in [0.25, 0.3) is 17.2 Å². The molecule has 33 heavy (non-hydrogen) atoms. The van der Waals surface area contributed by atoms with Gasteiger partial charge in [0.2, 0.25) is 0 Å². The Morgan fingerprint density at radius 2 is 1.27 bits per heavy atom. The van der Waals surface area contributed by atoms with E-state index in [4.69, 9.17) is 0 Å². The summed E-state index contributed by atoms with van der Waals surface area (Å²) in [5.41, 5.74) is 9.05. The third-order valence-electron chi connectivity index (χ3n) is 5.75. The molecule has 0 saturated carbocycles. The highest BCUT2D eigenvalue weighted by molar-refractivity contribution is 5.87. The van der Waals surface area contributed by atoms with Gasteiger partial charge in [-0.15, -0.1) is 0 Å². The third-order valence-corrected chi connectivity index (χ3v) is 5.75. The van der Waals surface area contributed by atoms with Gasteiger partial charge >= 0.3 is 5.97 Å². The smallest absolute Gasteiger partial charge is 0.330 e. The largest absolute Gasteiger partial charge is 0.466 e. The van der Waals surface area contributed by atoms with E-state index in [2.05, 4.69) is 102 Å². The lowest BCUT2D eigenvalue weighted by Crippen LogP contribution is -2.10. The van der Waals surface area contributed by atoms with Crippen molar-refractivity contribution in [2.75, 3.05) is 12.0 Å². The molecule has 0 aliphatic rings. The first-order valence-electron chi connectivity index (χ1n) is 10.9. The molecule has 0 atom stereocenters. The quantitative estimate of drug-likeness (QED) is 0.231. The number of carbonyl (C=O) groups is 1. The van der Waals surface area contributed by atoms with E-state index in [1.165, 1.54) is 35.4 Å². The van der Waals surface area contributed by atoms with E-state index >= 15 is 0 Å². The maximum atomic E-state index is 11.4. The molecule has 0 saturated heterocycles. The highest BCUT2D eigenvalue weighted by atomic mass is 16.5. The molecule has 0 heterocycles. The lowest BCUT2D eigenvalue weighted by molar-refractivity contribution is -0.134. The Bertz CT molecular complexity index is 1260. The minimum Gasteiger partial charge on any atom is -0.466 e. The second-order valence-corrected chi connectivity index (χ2v) is 7.96. The number of aryl methyl sites for hydroxylation is 2. The number of carbonyl (C=O) groups excluding carboxylic acids is 1. The summed E-state index contributed by atoms with van der Waals surface area (Å²) in [5, 5.41) is 0. The van der Waals surface area contributed by atoms with Gasteiger partial charge in [0.05, 0.1) is 7.11 Å². The molecule has 0 amide bonds. The van der Waals surface area contributed by atoms with Crippen molar-refractivity contribution in [2.45, 2.75) is 13.8 Å². The number of anilines is 3. The van der Waals surface area contributed by atoms with Gasteiger partial charge in [0.25, 0.3) is 0 Å². The van der Waals surface area contributed by atoms with Crippen molar-refractivity contribution in [1.29, 1.82) is 0 Å². The molecule has 0 N–H and O–H groups in total. The van der Waals surface area contributed by atoms with Crippen LogP contribution in [0.15, 0.2) is 103 Å². The fourth-order valence-corrected chi connectivity index (χ4v) is 3.71. The molecule has 0 fully saturated rings. The highest BCUT2D eigenvalue weighted by Crippen LogP contribution is 2.36. The normalized spacial score (nSPS) is 10.9. The van der Waals surface area contributed by atoms with Gasteiger partial charge in [-0.25, -0.2) is 4.79 Å². The molecule has 164 valence electrons. The molecule has 4 aromatic carbocycles. The van der Waals surface area contributed by atoms with Gasteiger partial charge < -0.3 is 9.64 Å². The van der Waals surface area contributed by atoms with Crippen molar-refractivity contribution in [3.8, 4) is 11.1 Å². The minimum atomic E-state index is -0.366. The second-order valence-electron chi connectivity index (χ2n) is 7.96. The zero-order valence-electron chi connectivity index (χ0n) is 19.2. The summed E-state index contributed by atoms with van der Waals surface area (Å²) >= 11 is 0. The first kappa shape index (κ1) is 22.1. The van der Waals surface area contributed by atoms with Crippen molar-refractivity contribution in [1.82, 2.24) is 0 Å². The molecule has 0 aromatic heterocycles. The molecular weight excluding hydrogens is 406 g/mol. The van der Waals surface area contributed by atoms with Crippen molar-refractivity contribution in [3.63, 3.8) is 0 Å². The Labute approximate surface area is 195 Å². The van der Waals surface area contributed by atoms with E-state index in [-0.39, 0.29) is 5.97 Å². The zero-order chi connectivity index (χ0) is 23.2. The van der Waals surface area contributed by atoms with Gasteiger partial charge in [-0.1, -0.05) is 60.7 Å². The molecule has 0 radical (unpaired) electrons. The first-order valence-corrected chi connectivity index (χ1v) is 10.9. The van der Waals surface area contributed by atoms with Crippen LogP contribution in [0.5, 0.6) is 0 Å². The summed E-state index contributed by atoms with van der Waals surface area (Å²) in [6.07, 6.45) is 3.18. The van der Waals surface area contributed by atoms with E-state index in [1.807, 2.05) is 18.2 Å². The Hall–Kier alpha value is -4.11. The van der Waals surface area contributed by atoms with Crippen LogP contribution in [0.2, 0.25) is 0 Å². The van der Waals surface area contributed by atoms with Gasteiger partial charge in [0, 0.05) is 23.1 Å². The number of benzene rings is 4. The van der Waals surface area contributed by atoms with Crippen LogP contribution < -0.4 is 4.90 Å². The molecule has 4 rings (SSSR count). The van der Waals surface area contributed by atoms with Crippen LogP contribution in [0.1, 0.15) is 16.7 Å². The van der Waals surface area contributed by atoms with Gasteiger partial charge in [-0.2, -0.15) is 0 Å². The molecule has 4 aromatic rings. The summed E-state index contributed by atoms with van der Waals surface area (Å²) in [4.78, 5) is 13.6. The molecule has 0 aliphatic heterocycles. The molecule has 0 spiro atoms. The fourth-order valence-electron chi connectivity index (χ4n) is 3.71. The van der Waals surface area contributed by atoms with E-state index in [9.17, 15) is 4.79 Å². The van der Waals surface area contributed by atoms with Crippen LogP contribution in [0.3, 0.4) is 0 Å². The maximum Gasteiger partial charge on any atom is 0.330 e. The van der Waals surface area contributed by atoms with E-state index < -0.39 is 0 Å². The van der Waals surface area contributed by atoms with Crippen LogP contribution >= 0.6 is 0 Å². The lowest BCUT2D eigenvalue weighted by atomic mass is 10.0. The lowest BCUT2D eigenvalue weighted by Gasteiger charge is -2.26. The number of methoxy groups -OCH3 is 1. The van der Waals surface area contributed by atoms with Gasteiger partial charge in [-0.3, -0.25) is 0 Å². The molecule has 3 heteroatoms. The van der Waals surface area contributed by atoms with Crippen molar-refractivity contribution < 1.29 is 9.53 Å². The first-order chi connectivity index (χ1) is 16.0. The van der Waals surface area contributed by atoms with Crippen LogP contribution in [0, 0.1) is 13.8 Å². The monoisotopic (exact) mass is 433 g/mol. The topological polar surface area (TPSA) is 29.5 Å². The average Bonchev–Trinajstić information content (AvgIpc) is 2.86. The number of rotatable bonds is 6. The van der Waals surface area contributed by atoms with Crippen LogP contribution in [-0.2, 0) is 9.53 Å². The number of hydrogen-bond donors (Lipinski definition) is 0. The standard InChI is InChI=1S/C30H27NO2/c1-22-9-15-29(21-23(22)2)31(27-16-10-24(11-17-27)12-20-30(32)33-3)28-18-13-26(14-19-28)25-7-5-4-6-8-25/h4-21H,1-3H3. The van der Waals surface area contributed by atoms with Crippen LogP contribution in [-0.4, -0.2) is 13.1 Å². The predicted molar refractivity (Wildman–Crippen MR) is 137 cm³/mol. The van der Waals surface area contributed by atoms with Gasteiger partial charge in [0.1, 0.15) is 0 Å². The van der Waals surface area contributed by atoms with Gasteiger partial charge in [0.15, 0.2) is 0 Å². The summed E-state index contributed by atoms with van der Waals surface area (Å²) in [7, 11) is 1.38. The third kappa shape index (κ3) is 5.21. The number of nitrogens with zero attached hydrogens (tertiary/aromatic N) is 1. The number of ether oxygens (including phenoxy) is 1. The molecule has 3 nitrogen and oxygen atoms in total. The average molecular weight is 434 g/mol. The van der Waals surface area contributed by atoms with E-state index in [0.29, 0.717) is 0 Å². The summed E-state index contributed by atoms with van der Waals surface area (Å²) < 4.78 is 4.68. The highest BCUT2D eigenvalue weighted by Gasteiger charge is 2.13. The number of esters is 1. The summed E-state index contributed by atoms with van der Waals surface area (Å²) in [5.74, 6) is -0.366. The van der Waals surface area contributed by atoms with Crippen molar-refractivity contribution in [3.05, 3.63) is 120 Å². The SMILES string of the molecule is COC(=O)C=Cc1ccc(N(c2ccc(-c3ccccc3)cc2)c2ccc(C)c(C)c2)cc1. The Kier molecular flexibility index (Phi) is 6.70. The molecule has 0 aliphatic carbocycles. The summed E-state index contributed by atoms with van der Waals surface area (Å²) in [6, 6.07) is 33.7. The number of hydrogen-bond acceptors (Lipinski definition) is 3. The molecule has 0 unspecified atom stereocenters. The predicted octanol–water partition coefficient (Wildman–Crippen LogP) is 7.63. The van der Waals surface area contributed by atoms with Crippen LogP contribution in [0.4, 0.5) is 17.1 Å². The summed E-state index contributed by atoms with van der Waals surface area (Å²) in [6.45, 7) is 4.26. The second kappa shape index (κ2) is 10.0. The Morgan fingerprint density at radius 1 is 0.697 bits per heavy atom. The molecule has 0 bridgehead atoms.